The molecule has 1 aliphatic heterocycles. The zero-order valence-corrected chi connectivity index (χ0v) is 20.4. The summed E-state index contributed by atoms with van der Waals surface area (Å²) in [6, 6.07) is 7.16. The van der Waals surface area contributed by atoms with E-state index >= 15 is 4.39 Å². The van der Waals surface area contributed by atoms with Crippen LogP contribution in [0, 0.1) is 11.8 Å². The Balaban J connectivity index is 1.34. The summed E-state index contributed by atoms with van der Waals surface area (Å²) in [7, 11) is 3.55. The average molecular weight is 487 g/mol. The van der Waals surface area contributed by atoms with Crippen molar-refractivity contribution in [2.45, 2.75) is 30.5 Å². The molecule has 1 fully saturated rings. The van der Waals surface area contributed by atoms with Gasteiger partial charge in [-0.1, -0.05) is 0 Å². The standard InChI is InChI=1S/C25H31FN4O3S/c1-29-16-27-14-24(29)34-12-11-30-10-8-17(21(15-30)25(31)32)3-5-22(26)19-7-9-28-23-6-4-18(33-2)13-20(19)23/h4,6-7,9,13-14,16-17,21-22H,3,5,8,10-12,15H2,1-2H3,(H,31,32)/t17-,21+,22?/m1/s1. The Bertz CT molecular complexity index is 1120. The lowest BCUT2D eigenvalue weighted by atomic mass is 9.81. The number of benzene rings is 1. The second kappa shape index (κ2) is 11.2. The van der Waals surface area contributed by atoms with Gasteiger partial charge in [0.15, 0.2) is 0 Å². The Morgan fingerprint density at radius 1 is 1.38 bits per heavy atom. The molecule has 3 atom stereocenters. The van der Waals surface area contributed by atoms with Crippen LogP contribution >= 0.6 is 11.8 Å². The number of rotatable bonds is 10. The van der Waals surface area contributed by atoms with E-state index in [4.69, 9.17) is 4.74 Å². The summed E-state index contributed by atoms with van der Waals surface area (Å²) >= 11 is 1.72. The van der Waals surface area contributed by atoms with Crippen LogP contribution in [0.4, 0.5) is 4.39 Å². The molecule has 34 heavy (non-hydrogen) atoms. The lowest BCUT2D eigenvalue weighted by molar-refractivity contribution is -0.146. The number of hydrogen-bond acceptors (Lipinski definition) is 6. The topological polar surface area (TPSA) is 80.5 Å². The number of carboxylic acid groups (broad SMARTS) is 1. The number of fused-ring (bicyclic) bond motifs is 1. The minimum absolute atomic E-state index is 0.0284. The summed E-state index contributed by atoms with van der Waals surface area (Å²) in [6.07, 6.45) is 5.67. The van der Waals surface area contributed by atoms with Gasteiger partial charge in [-0.3, -0.25) is 9.78 Å². The quantitative estimate of drug-likeness (QED) is 0.420. The first-order valence-corrected chi connectivity index (χ1v) is 12.6. The Hall–Kier alpha value is -2.65. The van der Waals surface area contributed by atoms with Crippen LogP contribution in [0.3, 0.4) is 0 Å². The third kappa shape index (κ3) is 5.70. The van der Waals surface area contributed by atoms with Crippen molar-refractivity contribution in [1.82, 2.24) is 19.4 Å². The number of imidazole rings is 1. The number of carboxylic acids is 1. The maximum atomic E-state index is 15.4. The molecule has 0 radical (unpaired) electrons. The highest BCUT2D eigenvalue weighted by Gasteiger charge is 2.34. The van der Waals surface area contributed by atoms with Gasteiger partial charge in [0.1, 0.15) is 11.9 Å². The van der Waals surface area contributed by atoms with Crippen molar-refractivity contribution in [3.63, 3.8) is 0 Å². The second-order valence-electron chi connectivity index (χ2n) is 8.81. The average Bonchev–Trinajstić information content (AvgIpc) is 3.26. The van der Waals surface area contributed by atoms with E-state index in [1.807, 2.05) is 36.0 Å². The molecule has 3 heterocycles. The predicted molar refractivity (Wildman–Crippen MR) is 131 cm³/mol. The smallest absolute Gasteiger partial charge is 0.308 e. The number of likely N-dealkylation sites (tertiary alicyclic amines) is 1. The molecule has 0 spiro atoms. The number of piperidine rings is 1. The molecule has 1 unspecified atom stereocenters. The number of aryl methyl sites for hydroxylation is 1. The minimum Gasteiger partial charge on any atom is -0.497 e. The van der Waals surface area contributed by atoms with Gasteiger partial charge in [-0.25, -0.2) is 9.37 Å². The van der Waals surface area contributed by atoms with Crippen LogP contribution in [0.25, 0.3) is 10.9 Å². The van der Waals surface area contributed by atoms with Crippen LogP contribution in [0.2, 0.25) is 0 Å². The zero-order chi connectivity index (χ0) is 24.1. The van der Waals surface area contributed by atoms with Crippen molar-refractivity contribution < 1.29 is 19.0 Å². The van der Waals surface area contributed by atoms with Crippen molar-refractivity contribution in [3.8, 4) is 5.75 Å². The van der Waals surface area contributed by atoms with Crippen molar-refractivity contribution >= 4 is 28.6 Å². The molecule has 1 aromatic carbocycles. The molecule has 7 nitrogen and oxygen atoms in total. The number of aliphatic carboxylic acids is 1. The summed E-state index contributed by atoms with van der Waals surface area (Å²) in [5.74, 6) is 0.246. The maximum Gasteiger partial charge on any atom is 0.308 e. The highest BCUT2D eigenvalue weighted by molar-refractivity contribution is 7.99. The fraction of sp³-hybridized carbons (Fsp3) is 0.480. The zero-order valence-electron chi connectivity index (χ0n) is 19.6. The van der Waals surface area contributed by atoms with Crippen LogP contribution in [-0.4, -0.2) is 63.0 Å². The minimum atomic E-state index is -1.18. The molecule has 1 N–H and O–H groups in total. The van der Waals surface area contributed by atoms with E-state index in [1.54, 1.807) is 37.5 Å². The summed E-state index contributed by atoms with van der Waals surface area (Å²) in [4.78, 5) is 22.7. The Morgan fingerprint density at radius 2 is 2.24 bits per heavy atom. The van der Waals surface area contributed by atoms with Gasteiger partial charge in [0.2, 0.25) is 0 Å². The largest absolute Gasteiger partial charge is 0.497 e. The Morgan fingerprint density at radius 3 is 2.97 bits per heavy atom. The van der Waals surface area contributed by atoms with Crippen LogP contribution in [0.15, 0.2) is 48.0 Å². The number of methoxy groups -OCH3 is 1. The molecule has 3 aromatic rings. The van der Waals surface area contributed by atoms with Gasteiger partial charge in [0.05, 0.1) is 36.1 Å². The van der Waals surface area contributed by atoms with Gasteiger partial charge in [0.25, 0.3) is 0 Å². The third-order valence-electron chi connectivity index (χ3n) is 6.70. The van der Waals surface area contributed by atoms with E-state index in [1.165, 1.54) is 0 Å². The number of aromatic nitrogens is 3. The monoisotopic (exact) mass is 486 g/mol. The van der Waals surface area contributed by atoms with Gasteiger partial charge in [0, 0.05) is 37.5 Å². The van der Waals surface area contributed by atoms with E-state index < -0.39 is 18.1 Å². The van der Waals surface area contributed by atoms with Crippen molar-refractivity contribution in [2.75, 3.05) is 32.5 Å². The van der Waals surface area contributed by atoms with Gasteiger partial charge < -0.3 is 19.3 Å². The summed E-state index contributed by atoms with van der Waals surface area (Å²) in [5, 5.41) is 11.7. The number of hydrogen-bond donors (Lipinski definition) is 1. The van der Waals surface area contributed by atoms with Gasteiger partial charge in [-0.15, -0.1) is 11.8 Å². The number of halogens is 1. The number of nitrogens with zero attached hydrogens (tertiary/aromatic N) is 4. The first-order valence-electron chi connectivity index (χ1n) is 11.6. The highest BCUT2D eigenvalue weighted by atomic mass is 32.2. The molecule has 182 valence electrons. The first-order chi connectivity index (χ1) is 16.5. The molecule has 1 aliphatic rings. The molecular weight excluding hydrogens is 455 g/mol. The Kier molecular flexibility index (Phi) is 8.05. The van der Waals surface area contributed by atoms with Crippen LogP contribution < -0.4 is 4.74 Å². The Labute approximate surface area is 203 Å². The molecule has 9 heteroatoms. The fourth-order valence-corrected chi connectivity index (χ4v) is 5.67. The number of thioether (sulfide) groups is 1. The van der Waals surface area contributed by atoms with Crippen molar-refractivity contribution in [2.24, 2.45) is 18.9 Å². The van der Waals surface area contributed by atoms with E-state index in [0.29, 0.717) is 30.7 Å². The SMILES string of the molecule is COc1ccc2nccc(C(F)CC[C@@H]3CCN(CCSc4cncn4C)C[C@@H]3C(=O)O)c2c1. The van der Waals surface area contributed by atoms with E-state index in [2.05, 4.69) is 14.9 Å². The van der Waals surface area contributed by atoms with E-state index in [-0.39, 0.29) is 5.92 Å². The summed E-state index contributed by atoms with van der Waals surface area (Å²) < 4.78 is 22.6. The number of carbonyl (C=O) groups is 1. The second-order valence-corrected chi connectivity index (χ2v) is 9.93. The summed E-state index contributed by atoms with van der Waals surface area (Å²) in [6.45, 7) is 2.17. The molecular formula is C25H31FN4O3S. The van der Waals surface area contributed by atoms with Crippen LogP contribution in [-0.2, 0) is 11.8 Å². The van der Waals surface area contributed by atoms with Gasteiger partial charge >= 0.3 is 5.97 Å². The lowest BCUT2D eigenvalue weighted by Crippen LogP contribution is -2.44. The number of pyridine rings is 1. The van der Waals surface area contributed by atoms with E-state index in [9.17, 15) is 9.90 Å². The number of ether oxygens (including phenoxy) is 1. The maximum absolute atomic E-state index is 15.4. The van der Waals surface area contributed by atoms with Crippen molar-refractivity contribution in [3.05, 3.63) is 48.5 Å². The first kappa shape index (κ1) is 24.5. The molecule has 0 aliphatic carbocycles. The normalized spacial score (nSPS) is 19.9. The fourth-order valence-electron chi connectivity index (χ4n) is 4.72. The van der Waals surface area contributed by atoms with Gasteiger partial charge in [-0.05, 0) is 61.6 Å². The highest BCUT2D eigenvalue weighted by Crippen LogP contribution is 2.35. The molecule has 4 rings (SSSR count). The predicted octanol–water partition coefficient (Wildman–Crippen LogP) is 4.58. The van der Waals surface area contributed by atoms with Crippen molar-refractivity contribution in [1.29, 1.82) is 0 Å². The third-order valence-corrected chi connectivity index (χ3v) is 7.77. The molecule has 0 bridgehead atoms. The molecule has 1 saturated heterocycles. The molecule has 0 amide bonds. The summed E-state index contributed by atoms with van der Waals surface area (Å²) in [5.41, 5.74) is 1.31. The lowest BCUT2D eigenvalue weighted by Gasteiger charge is -2.36. The van der Waals surface area contributed by atoms with Crippen LogP contribution in [0.5, 0.6) is 5.75 Å². The van der Waals surface area contributed by atoms with E-state index in [0.717, 1.165) is 41.2 Å². The molecule has 2 aromatic heterocycles. The van der Waals surface area contributed by atoms with Crippen LogP contribution in [0.1, 0.15) is 31.0 Å². The molecule has 0 saturated carbocycles. The van der Waals surface area contributed by atoms with Gasteiger partial charge in [-0.2, -0.15) is 0 Å². The number of alkyl halides is 1.